The topological polar surface area (TPSA) is 53.1 Å². The molecule has 0 unspecified atom stereocenters. The molecule has 0 aliphatic rings. The van der Waals surface area contributed by atoms with Gasteiger partial charge in [-0.05, 0) is 29.5 Å². The third kappa shape index (κ3) is 2.70. The van der Waals surface area contributed by atoms with Crippen molar-refractivity contribution in [2.45, 2.75) is 33.1 Å². The number of aryl methyl sites for hydroxylation is 1. The van der Waals surface area contributed by atoms with E-state index in [-0.39, 0.29) is 5.41 Å². The predicted octanol–water partition coefficient (Wildman–Crippen LogP) is 3.99. The number of aromatic carboxylic acids is 1. The van der Waals surface area contributed by atoms with Gasteiger partial charge in [-0.1, -0.05) is 45.0 Å². The molecule has 0 amide bonds. The standard InChI is InChI=1S/C16H19NO2/c1-10-13(15(18)19)9-14(17-10)11-5-7-12(8-6-11)16(2,3)4/h5-9,17H,1-4H3,(H,18,19). The summed E-state index contributed by atoms with van der Waals surface area (Å²) in [6.07, 6.45) is 0. The van der Waals surface area contributed by atoms with Crippen molar-refractivity contribution in [3.05, 3.63) is 47.2 Å². The Balaban J connectivity index is 2.38. The van der Waals surface area contributed by atoms with Gasteiger partial charge in [0.15, 0.2) is 0 Å². The average Bonchev–Trinajstić information content (AvgIpc) is 2.70. The van der Waals surface area contributed by atoms with Gasteiger partial charge in [0.2, 0.25) is 0 Å². The number of aromatic amines is 1. The van der Waals surface area contributed by atoms with E-state index in [4.69, 9.17) is 5.11 Å². The fourth-order valence-electron chi connectivity index (χ4n) is 2.09. The summed E-state index contributed by atoms with van der Waals surface area (Å²) in [5.41, 5.74) is 4.24. The van der Waals surface area contributed by atoms with Crippen LogP contribution in [-0.4, -0.2) is 16.1 Å². The minimum Gasteiger partial charge on any atom is -0.478 e. The molecule has 1 aromatic carbocycles. The molecule has 0 aliphatic heterocycles. The van der Waals surface area contributed by atoms with Crippen LogP contribution >= 0.6 is 0 Å². The summed E-state index contributed by atoms with van der Waals surface area (Å²) in [7, 11) is 0. The molecule has 2 aromatic rings. The second kappa shape index (κ2) is 4.57. The van der Waals surface area contributed by atoms with Gasteiger partial charge in [-0.2, -0.15) is 0 Å². The molecular formula is C16H19NO2. The average molecular weight is 257 g/mol. The summed E-state index contributed by atoms with van der Waals surface area (Å²) in [6, 6.07) is 9.91. The molecule has 2 rings (SSSR count). The SMILES string of the molecule is Cc1[nH]c(-c2ccc(C(C)(C)C)cc2)cc1C(=O)O. The Kier molecular flexibility index (Phi) is 3.23. The highest BCUT2D eigenvalue weighted by Gasteiger charge is 2.15. The van der Waals surface area contributed by atoms with Gasteiger partial charge in [-0.15, -0.1) is 0 Å². The van der Waals surface area contributed by atoms with Crippen LogP contribution in [0.25, 0.3) is 11.3 Å². The van der Waals surface area contributed by atoms with Crippen molar-refractivity contribution in [3.63, 3.8) is 0 Å². The number of hydrogen-bond donors (Lipinski definition) is 2. The molecule has 0 radical (unpaired) electrons. The molecule has 1 heterocycles. The molecule has 0 aliphatic carbocycles. The molecule has 2 N–H and O–H groups in total. The van der Waals surface area contributed by atoms with E-state index >= 15 is 0 Å². The van der Waals surface area contributed by atoms with Gasteiger partial charge in [-0.3, -0.25) is 0 Å². The summed E-state index contributed by atoms with van der Waals surface area (Å²) in [5.74, 6) is -0.897. The minimum atomic E-state index is -0.897. The molecule has 0 spiro atoms. The summed E-state index contributed by atoms with van der Waals surface area (Å²) in [4.78, 5) is 14.2. The van der Waals surface area contributed by atoms with E-state index in [1.165, 1.54) is 5.56 Å². The van der Waals surface area contributed by atoms with Crippen LogP contribution in [0.5, 0.6) is 0 Å². The number of H-pyrrole nitrogens is 1. The van der Waals surface area contributed by atoms with E-state index in [0.717, 1.165) is 11.3 Å². The fourth-order valence-corrected chi connectivity index (χ4v) is 2.09. The van der Waals surface area contributed by atoms with Gasteiger partial charge in [0.05, 0.1) is 5.56 Å². The van der Waals surface area contributed by atoms with E-state index in [1.54, 1.807) is 13.0 Å². The van der Waals surface area contributed by atoms with Gasteiger partial charge in [0.1, 0.15) is 0 Å². The number of rotatable bonds is 2. The van der Waals surface area contributed by atoms with Crippen molar-refractivity contribution in [1.82, 2.24) is 4.98 Å². The maximum atomic E-state index is 11.0. The molecule has 0 fully saturated rings. The Hall–Kier alpha value is -2.03. The summed E-state index contributed by atoms with van der Waals surface area (Å²) in [5, 5.41) is 9.06. The molecule has 100 valence electrons. The maximum Gasteiger partial charge on any atom is 0.337 e. The normalized spacial score (nSPS) is 11.6. The summed E-state index contributed by atoms with van der Waals surface area (Å²) in [6.45, 7) is 8.28. The quantitative estimate of drug-likeness (QED) is 0.854. The Morgan fingerprint density at radius 2 is 1.74 bits per heavy atom. The first kappa shape index (κ1) is 13.4. The monoisotopic (exact) mass is 257 g/mol. The van der Waals surface area contributed by atoms with Crippen LogP contribution in [0.1, 0.15) is 42.4 Å². The van der Waals surface area contributed by atoms with Crippen LogP contribution < -0.4 is 0 Å². The number of aromatic nitrogens is 1. The Labute approximate surface area is 113 Å². The Morgan fingerprint density at radius 3 is 2.16 bits per heavy atom. The van der Waals surface area contributed by atoms with Gasteiger partial charge in [-0.25, -0.2) is 4.79 Å². The fraction of sp³-hybridized carbons (Fsp3) is 0.312. The first-order chi connectivity index (χ1) is 8.79. The molecule has 0 atom stereocenters. The van der Waals surface area contributed by atoms with E-state index in [0.29, 0.717) is 11.3 Å². The lowest BCUT2D eigenvalue weighted by molar-refractivity contribution is 0.0696. The lowest BCUT2D eigenvalue weighted by Crippen LogP contribution is -2.10. The largest absolute Gasteiger partial charge is 0.478 e. The first-order valence-electron chi connectivity index (χ1n) is 6.33. The van der Waals surface area contributed by atoms with Crippen molar-refractivity contribution in [1.29, 1.82) is 0 Å². The zero-order valence-corrected chi connectivity index (χ0v) is 11.7. The van der Waals surface area contributed by atoms with Crippen molar-refractivity contribution in [2.75, 3.05) is 0 Å². The Bertz CT molecular complexity index is 601. The zero-order chi connectivity index (χ0) is 14.2. The van der Waals surface area contributed by atoms with E-state index in [1.807, 2.05) is 12.1 Å². The number of carboxylic acids is 1. The molecule has 0 saturated heterocycles. The highest BCUT2D eigenvalue weighted by atomic mass is 16.4. The summed E-state index contributed by atoms with van der Waals surface area (Å²) < 4.78 is 0. The second-order valence-electron chi connectivity index (χ2n) is 5.85. The van der Waals surface area contributed by atoms with Crippen LogP contribution in [0.2, 0.25) is 0 Å². The Morgan fingerprint density at radius 1 is 1.16 bits per heavy atom. The molecule has 1 aromatic heterocycles. The zero-order valence-electron chi connectivity index (χ0n) is 11.7. The third-order valence-electron chi connectivity index (χ3n) is 3.31. The van der Waals surface area contributed by atoms with Crippen molar-refractivity contribution < 1.29 is 9.90 Å². The van der Waals surface area contributed by atoms with Gasteiger partial charge >= 0.3 is 5.97 Å². The maximum absolute atomic E-state index is 11.0. The van der Waals surface area contributed by atoms with Crippen molar-refractivity contribution >= 4 is 5.97 Å². The van der Waals surface area contributed by atoms with Gasteiger partial charge in [0, 0.05) is 11.4 Å². The highest BCUT2D eigenvalue weighted by molar-refractivity contribution is 5.90. The van der Waals surface area contributed by atoms with Crippen LogP contribution in [0, 0.1) is 6.92 Å². The lowest BCUT2D eigenvalue weighted by Gasteiger charge is -2.19. The smallest absolute Gasteiger partial charge is 0.337 e. The lowest BCUT2D eigenvalue weighted by atomic mass is 9.86. The van der Waals surface area contributed by atoms with Gasteiger partial charge < -0.3 is 10.1 Å². The predicted molar refractivity (Wildman–Crippen MR) is 76.6 cm³/mol. The highest BCUT2D eigenvalue weighted by Crippen LogP contribution is 2.26. The van der Waals surface area contributed by atoms with Crippen molar-refractivity contribution in [3.8, 4) is 11.3 Å². The summed E-state index contributed by atoms with van der Waals surface area (Å²) >= 11 is 0. The van der Waals surface area contributed by atoms with E-state index in [2.05, 4.69) is 37.9 Å². The van der Waals surface area contributed by atoms with Crippen LogP contribution in [-0.2, 0) is 5.41 Å². The molecule has 3 heteroatoms. The second-order valence-corrected chi connectivity index (χ2v) is 5.85. The first-order valence-corrected chi connectivity index (χ1v) is 6.33. The van der Waals surface area contributed by atoms with E-state index in [9.17, 15) is 4.79 Å². The molecular weight excluding hydrogens is 238 g/mol. The number of nitrogens with one attached hydrogen (secondary N) is 1. The van der Waals surface area contributed by atoms with E-state index < -0.39 is 5.97 Å². The third-order valence-corrected chi connectivity index (χ3v) is 3.31. The van der Waals surface area contributed by atoms with Crippen LogP contribution in [0.4, 0.5) is 0 Å². The van der Waals surface area contributed by atoms with Crippen LogP contribution in [0.3, 0.4) is 0 Å². The number of benzene rings is 1. The van der Waals surface area contributed by atoms with Crippen LogP contribution in [0.15, 0.2) is 30.3 Å². The molecule has 19 heavy (non-hydrogen) atoms. The van der Waals surface area contributed by atoms with Gasteiger partial charge in [0.25, 0.3) is 0 Å². The molecule has 0 saturated carbocycles. The van der Waals surface area contributed by atoms with Crippen molar-refractivity contribution in [2.24, 2.45) is 0 Å². The number of carbonyl (C=O) groups is 1. The minimum absolute atomic E-state index is 0.121. The number of carboxylic acid groups (broad SMARTS) is 1. The molecule has 3 nitrogen and oxygen atoms in total. The molecule has 0 bridgehead atoms. The number of hydrogen-bond acceptors (Lipinski definition) is 1.